The molecule has 0 fully saturated rings. The summed E-state index contributed by atoms with van der Waals surface area (Å²) in [5, 5.41) is 0. The van der Waals surface area contributed by atoms with Crippen LogP contribution in [0.5, 0.6) is 0 Å². The van der Waals surface area contributed by atoms with Crippen LogP contribution in [0.1, 0.15) is 49.3 Å². The van der Waals surface area contributed by atoms with Gasteiger partial charge in [0.15, 0.2) is 0 Å². The van der Waals surface area contributed by atoms with Gasteiger partial charge < -0.3 is 4.74 Å². The highest BCUT2D eigenvalue weighted by molar-refractivity contribution is 5.78. The van der Waals surface area contributed by atoms with Gasteiger partial charge in [-0.2, -0.15) is 0 Å². The summed E-state index contributed by atoms with van der Waals surface area (Å²) < 4.78 is 5.14. The first-order chi connectivity index (χ1) is 8.10. The maximum absolute atomic E-state index is 11.9. The number of hydrogen-bond acceptors (Lipinski definition) is 2. The number of benzene rings is 1. The van der Waals surface area contributed by atoms with E-state index in [1.165, 1.54) is 11.1 Å². The molecule has 17 heavy (non-hydrogen) atoms. The number of carbonyl (C=O) groups excluding carboxylic acids is 1. The predicted octanol–water partition coefficient (Wildman–Crippen LogP) is 3.75. The Morgan fingerprint density at radius 1 is 1.24 bits per heavy atom. The van der Waals surface area contributed by atoms with Crippen LogP contribution in [0.25, 0.3) is 0 Å². The van der Waals surface area contributed by atoms with E-state index in [0.717, 1.165) is 18.4 Å². The Bertz CT molecular complexity index is 383. The minimum Gasteiger partial charge on any atom is -0.466 e. The molecule has 0 aliphatic rings. The molecule has 0 saturated heterocycles. The van der Waals surface area contributed by atoms with Crippen molar-refractivity contribution in [2.45, 2.75) is 46.5 Å². The first kappa shape index (κ1) is 13.8. The standard InChI is InChI=1S/C15H22O2/c1-5-7-14(15(16)17-6-2)13-9-8-11(3)12(4)10-13/h8-10,14H,5-7H2,1-4H3. The van der Waals surface area contributed by atoms with E-state index in [4.69, 9.17) is 4.74 Å². The summed E-state index contributed by atoms with van der Waals surface area (Å²) >= 11 is 0. The van der Waals surface area contributed by atoms with Gasteiger partial charge in [0.2, 0.25) is 0 Å². The molecule has 0 amide bonds. The van der Waals surface area contributed by atoms with E-state index < -0.39 is 0 Å². The minimum atomic E-state index is -0.112. The maximum Gasteiger partial charge on any atom is 0.313 e. The van der Waals surface area contributed by atoms with Crippen LogP contribution in [-0.4, -0.2) is 12.6 Å². The van der Waals surface area contributed by atoms with Gasteiger partial charge in [0.25, 0.3) is 0 Å². The fraction of sp³-hybridized carbons (Fsp3) is 0.533. The summed E-state index contributed by atoms with van der Waals surface area (Å²) in [6.45, 7) is 8.55. The molecule has 0 aliphatic heterocycles. The van der Waals surface area contributed by atoms with Crippen LogP contribution in [0.2, 0.25) is 0 Å². The van der Waals surface area contributed by atoms with Gasteiger partial charge in [-0.3, -0.25) is 4.79 Å². The summed E-state index contributed by atoms with van der Waals surface area (Å²) in [5.74, 6) is -0.211. The zero-order chi connectivity index (χ0) is 12.8. The lowest BCUT2D eigenvalue weighted by Crippen LogP contribution is -2.16. The minimum absolute atomic E-state index is 0.0994. The van der Waals surface area contributed by atoms with Crippen molar-refractivity contribution in [2.75, 3.05) is 6.61 Å². The molecule has 0 radical (unpaired) electrons. The van der Waals surface area contributed by atoms with Crippen molar-refractivity contribution >= 4 is 5.97 Å². The molecule has 0 spiro atoms. The van der Waals surface area contributed by atoms with Crippen LogP contribution in [0.15, 0.2) is 18.2 Å². The van der Waals surface area contributed by atoms with Crippen molar-refractivity contribution in [1.29, 1.82) is 0 Å². The average molecular weight is 234 g/mol. The Morgan fingerprint density at radius 2 is 1.94 bits per heavy atom. The molecule has 0 aliphatic carbocycles. The Kier molecular flexibility index (Phi) is 5.20. The van der Waals surface area contributed by atoms with Gasteiger partial charge in [-0.25, -0.2) is 0 Å². The van der Waals surface area contributed by atoms with E-state index in [0.29, 0.717) is 6.61 Å². The van der Waals surface area contributed by atoms with E-state index in [1.54, 1.807) is 0 Å². The molecule has 1 atom stereocenters. The van der Waals surface area contributed by atoms with Gasteiger partial charge in [-0.15, -0.1) is 0 Å². The highest BCUT2D eigenvalue weighted by Crippen LogP contribution is 2.24. The first-order valence-electron chi connectivity index (χ1n) is 6.33. The highest BCUT2D eigenvalue weighted by atomic mass is 16.5. The first-order valence-corrected chi connectivity index (χ1v) is 6.33. The van der Waals surface area contributed by atoms with Crippen LogP contribution in [0, 0.1) is 13.8 Å². The number of carbonyl (C=O) groups is 1. The van der Waals surface area contributed by atoms with Gasteiger partial charge in [0.1, 0.15) is 0 Å². The molecule has 2 nitrogen and oxygen atoms in total. The molecule has 94 valence electrons. The van der Waals surface area contributed by atoms with Crippen molar-refractivity contribution in [3.8, 4) is 0 Å². The quantitative estimate of drug-likeness (QED) is 0.725. The molecule has 0 heterocycles. The SMILES string of the molecule is CCCC(C(=O)OCC)c1ccc(C)c(C)c1. The van der Waals surface area contributed by atoms with E-state index in [9.17, 15) is 4.79 Å². The molecule has 1 aromatic rings. The number of rotatable bonds is 5. The Hall–Kier alpha value is -1.31. The monoisotopic (exact) mass is 234 g/mol. The van der Waals surface area contributed by atoms with Gasteiger partial charge in [0, 0.05) is 0 Å². The Labute approximate surface area is 104 Å². The van der Waals surface area contributed by atoms with E-state index in [1.807, 2.05) is 13.0 Å². The second-order valence-corrected chi connectivity index (χ2v) is 4.44. The molecule has 1 aromatic carbocycles. The molecular formula is C15H22O2. The largest absolute Gasteiger partial charge is 0.466 e. The smallest absolute Gasteiger partial charge is 0.313 e. The highest BCUT2D eigenvalue weighted by Gasteiger charge is 2.21. The van der Waals surface area contributed by atoms with Crippen molar-refractivity contribution in [3.63, 3.8) is 0 Å². The molecule has 0 aromatic heterocycles. The lowest BCUT2D eigenvalue weighted by atomic mass is 9.92. The molecule has 0 bridgehead atoms. The van der Waals surface area contributed by atoms with Gasteiger partial charge in [0.05, 0.1) is 12.5 Å². The van der Waals surface area contributed by atoms with Crippen molar-refractivity contribution in [1.82, 2.24) is 0 Å². The second kappa shape index (κ2) is 6.43. The third kappa shape index (κ3) is 3.58. The fourth-order valence-electron chi connectivity index (χ4n) is 1.93. The van der Waals surface area contributed by atoms with Crippen LogP contribution in [0.4, 0.5) is 0 Å². The fourth-order valence-corrected chi connectivity index (χ4v) is 1.93. The normalized spacial score (nSPS) is 12.2. The summed E-state index contributed by atoms with van der Waals surface area (Å²) in [7, 11) is 0. The lowest BCUT2D eigenvalue weighted by Gasteiger charge is -2.16. The third-order valence-electron chi connectivity index (χ3n) is 3.08. The topological polar surface area (TPSA) is 26.3 Å². The number of hydrogen-bond donors (Lipinski definition) is 0. The Morgan fingerprint density at radius 3 is 2.47 bits per heavy atom. The number of aryl methyl sites for hydroxylation is 2. The zero-order valence-corrected chi connectivity index (χ0v) is 11.2. The van der Waals surface area contributed by atoms with E-state index >= 15 is 0 Å². The zero-order valence-electron chi connectivity index (χ0n) is 11.2. The average Bonchev–Trinajstić information content (AvgIpc) is 2.30. The maximum atomic E-state index is 11.9. The lowest BCUT2D eigenvalue weighted by molar-refractivity contribution is -0.145. The van der Waals surface area contributed by atoms with Crippen LogP contribution in [-0.2, 0) is 9.53 Å². The molecule has 2 heteroatoms. The second-order valence-electron chi connectivity index (χ2n) is 4.44. The summed E-state index contributed by atoms with van der Waals surface area (Å²) in [4.78, 5) is 11.9. The number of ether oxygens (including phenoxy) is 1. The van der Waals surface area contributed by atoms with E-state index in [-0.39, 0.29) is 11.9 Å². The van der Waals surface area contributed by atoms with E-state index in [2.05, 4.69) is 32.9 Å². The summed E-state index contributed by atoms with van der Waals surface area (Å²) in [5.41, 5.74) is 3.56. The van der Waals surface area contributed by atoms with Crippen molar-refractivity contribution < 1.29 is 9.53 Å². The molecule has 0 N–H and O–H groups in total. The predicted molar refractivity (Wildman–Crippen MR) is 70.2 cm³/mol. The number of esters is 1. The van der Waals surface area contributed by atoms with Crippen LogP contribution in [0.3, 0.4) is 0 Å². The molecule has 1 rings (SSSR count). The van der Waals surface area contributed by atoms with Gasteiger partial charge in [-0.05, 0) is 43.9 Å². The van der Waals surface area contributed by atoms with Crippen molar-refractivity contribution in [2.24, 2.45) is 0 Å². The van der Waals surface area contributed by atoms with Gasteiger partial charge in [-0.1, -0.05) is 31.5 Å². The molecule has 0 saturated carbocycles. The summed E-state index contributed by atoms with van der Waals surface area (Å²) in [6.07, 6.45) is 1.83. The van der Waals surface area contributed by atoms with Crippen LogP contribution >= 0.6 is 0 Å². The van der Waals surface area contributed by atoms with Crippen LogP contribution < -0.4 is 0 Å². The summed E-state index contributed by atoms with van der Waals surface area (Å²) in [6, 6.07) is 6.22. The Balaban J connectivity index is 2.96. The van der Waals surface area contributed by atoms with Crippen molar-refractivity contribution in [3.05, 3.63) is 34.9 Å². The molecular weight excluding hydrogens is 212 g/mol. The van der Waals surface area contributed by atoms with Gasteiger partial charge >= 0.3 is 5.97 Å². The third-order valence-corrected chi connectivity index (χ3v) is 3.08. The molecule has 1 unspecified atom stereocenters.